The molecule has 0 aromatic carbocycles. The van der Waals surface area contributed by atoms with E-state index in [0.717, 1.165) is 26.1 Å². The lowest BCUT2D eigenvalue weighted by Gasteiger charge is -2.29. The Bertz CT molecular complexity index is 128. The van der Waals surface area contributed by atoms with Crippen LogP contribution in [0.4, 0.5) is 0 Å². The fraction of sp³-hybridized carbons (Fsp3) is 0.889. The number of likely N-dealkylation sites (tertiary alicyclic amines) is 1. The average molecular weight is 173 g/mol. The van der Waals surface area contributed by atoms with Gasteiger partial charge in [-0.1, -0.05) is 6.92 Å². The van der Waals surface area contributed by atoms with E-state index >= 15 is 0 Å². The highest BCUT2D eigenvalue weighted by atomic mass is 16.2. The molecule has 0 aromatic heterocycles. The van der Waals surface area contributed by atoms with E-state index in [1.165, 1.54) is 12.8 Å². The normalized spacial score (nSPS) is 18.2. The van der Waals surface area contributed by atoms with Crippen LogP contribution in [0, 0.1) is 5.92 Å². The summed E-state index contributed by atoms with van der Waals surface area (Å²) < 4.78 is 0. The van der Waals surface area contributed by atoms with Crippen LogP contribution in [0.5, 0.6) is 0 Å². The third kappa shape index (κ3) is 3.72. The van der Waals surface area contributed by atoms with Crippen molar-refractivity contribution in [2.75, 3.05) is 20.2 Å². The highest BCUT2D eigenvalue weighted by molar-refractivity contribution is 5.73. The molecule has 1 heterocycles. The van der Waals surface area contributed by atoms with E-state index in [4.69, 9.17) is 5.11 Å². The first kappa shape index (κ1) is 11.4. The number of piperidine rings is 1. The summed E-state index contributed by atoms with van der Waals surface area (Å²) in [6.45, 7) is 5.83. The lowest BCUT2D eigenvalue weighted by molar-refractivity contribution is -0.130. The van der Waals surface area contributed by atoms with E-state index in [1.807, 2.05) is 4.90 Å². The summed E-state index contributed by atoms with van der Waals surface area (Å²) in [5, 5.41) is 7.00. The van der Waals surface area contributed by atoms with Crippen LogP contribution >= 0.6 is 0 Å². The van der Waals surface area contributed by atoms with Crippen LogP contribution < -0.4 is 0 Å². The Hall–Kier alpha value is -0.570. The van der Waals surface area contributed by atoms with E-state index in [0.29, 0.717) is 0 Å². The Kier molecular flexibility index (Phi) is 5.72. The molecule has 0 spiro atoms. The van der Waals surface area contributed by atoms with Crippen LogP contribution in [0.3, 0.4) is 0 Å². The predicted octanol–water partition coefficient (Wildman–Crippen LogP) is 0.873. The smallest absolute Gasteiger partial charge is 0.219 e. The molecule has 3 heteroatoms. The van der Waals surface area contributed by atoms with Gasteiger partial charge in [0.25, 0.3) is 0 Å². The summed E-state index contributed by atoms with van der Waals surface area (Å²) in [6.07, 6.45) is 2.36. The number of aliphatic hydroxyl groups is 1. The number of aliphatic hydroxyl groups excluding tert-OH is 1. The summed E-state index contributed by atoms with van der Waals surface area (Å²) >= 11 is 0. The van der Waals surface area contributed by atoms with Crippen molar-refractivity contribution in [3.8, 4) is 0 Å². The molecule has 0 bridgehead atoms. The maximum Gasteiger partial charge on any atom is 0.219 e. The molecule has 0 saturated carbocycles. The fourth-order valence-corrected chi connectivity index (χ4v) is 1.32. The van der Waals surface area contributed by atoms with Gasteiger partial charge in [-0.05, 0) is 18.8 Å². The SMILES string of the molecule is CC(=O)N1CCC(C)CC1.CO. The first-order valence-corrected chi connectivity index (χ1v) is 4.40. The molecular weight excluding hydrogens is 154 g/mol. The molecule has 1 rings (SSSR count). The maximum absolute atomic E-state index is 10.8. The third-order valence-electron chi connectivity index (χ3n) is 2.23. The van der Waals surface area contributed by atoms with Gasteiger partial charge in [0.2, 0.25) is 5.91 Å². The summed E-state index contributed by atoms with van der Waals surface area (Å²) in [6, 6.07) is 0. The zero-order valence-corrected chi connectivity index (χ0v) is 8.21. The number of hydrogen-bond acceptors (Lipinski definition) is 2. The van der Waals surface area contributed by atoms with Gasteiger partial charge in [0, 0.05) is 27.1 Å². The molecule has 0 radical (unpaired) electrons. The molecule has 3 nitrogen and oxygen atoms in total. The van der Waals surface area contributed by atoms with Crippen molar-refractivity contribution in [2.45, 2.75) is 26.7 Å². The van der Waals surface area contributed by atoms with Crippen molar-refractivity contribution in [1.29, 1.82) is 0 Å². The number of amides is 1. The van der Waals surface area contributed by atoms with Gasteiger partial charge in [0.15, 0.2) is 0 Å². The minimum absolute atomic E-state index is 0.229. The Morgan fingerprint density at radius 2 is 1.75 bits per heavy atom. The van der Waals surface area contributed by atoms with Crippen molar-refractivity contribution in [2.24, 2.45) is 5.92 Å². The molecule has 12 heavy (non-hydrogen) atoms. The minimum atomic E-state index is 0.229. The molecule has 0 aliphatic carbocycles. The summed E-state index contributed by atoms with van der Waals surface area (Å²) in [4.78, 5) is 12.8. The van der Waals surface area contributed by atoms with E-state index in [-0.39, 0.29) is 5.91 Å². The zero-order chi connectivity index (χ0) is 9.56. The minimum Gasteiger partial charge on any atom is -0.400 e. The van der Waals surface area contributed by atoms with Crippen molar-refractivity contribution < 1.29 is 9.90 Å². The van der Waals surface area contributed by atoms with Crippen LogP contribution in [0.2, 0.25) is 0 Å². The van der Waals surface area contributed by atoms with Crippen molar-refractivity contribution in [1.82, 2.24) is 4.90 Å². The number of hydrogen-bond donors (Lipinski definition) is 1. The third-order valence-corrected chi connectivity index (χ3v) is 2.23. The molecule has 1 saturated heterocycles. The molecule has 1 N–H and O–H groups in total. The molecule has 0 atom stereocenters. The van der Waals surface area contributed by atoms with Gasteiger partial charge < -0.3 is 10.0 Å². The number of carbonyl (C=O) groups is 1. The first-order chi connectivity index (χ1) is 5.70. The second-order valence-corrected chi connectivity index (χ2v) is 3.19. The van der Waals surface area contributed by atoms with E-state index in [9.17, 15) is 4.79 Å². The average Bonchev–Trinajstić information content (AvgIpc) is 2.09. The molecule has 72 valence electrons. The Morgan fingerprint density at radius 1 is 1.33 bits per heavy atom. The van der Waals surface area contributed by atoms with Crippen LogP contribution in [0.25, 0.3) is 0 Å². The summed E-state index contributed by atoms with van der Waals surface area (Å²) in [5.41, 5.74) is 0. The summed E-state index contributed by atoms with van der Waals surface area (Å²) in [5.74, 6) is 1.04. The predicted molar refractivity (Wildman–Crippen MR) is 48.8 cm³/mol. The van der Waals surface area contributed by atoms with E-state index in [2.05, 4.69) is 6.92 Å². The van der Waals surface area contributed by atoms with Gasteiger partial charge in [-0.25, -0.2) is 0 Å². The van der Waals surface area contributed by atoms with E-state index < -0.39 is 0 Å². The van der Waals surface area contributed by atoms with Gasteiger partial charge in [0.1, 0.15) is 0 Å². The zero-order valence-electron chi connectivity index (χ0n) is 8.21. The second-order valence-electron chi connectivity index (χ2n) is 3.19. The van der Waals surface area contributed by atoms with Crippen LogP contribution in [0.1, 0.15) is 26.7 Å². The Balaban J connectivity index is 0.000000561. The highest BCUT2D eigenvalue weighted by Crippen LogP contribution is 2.15. The molecule has 0 unspecified atom stereocenters. The fourth-order valence-electron chi connectivity index (χ4n) is 1.32. The quantitative estimate of drug-likeness (QED) is 0.590. The monoisotopic (exact) mass is 173 g/mol. The molecule has 1 aliphatic rings. The second kappa shape index (κ2) is 6.00. The van der Waals surface area contributed by atoms with Gasteiger partial charge in [0.05, 0.1) is 0 Å². The largest absolute Gasteiger partial charge is 0.400 e. The van der Waals surface area contributed by atoms with Crippen molar-refractivity contribution >= 4 is 5.91 Å². The lowest BCUT2D eigenvalue weighted by Crippen LogP contribution is -2.36. The molecule has 1 amide bonds. The number of nitrogens with zero attached hydrogens (tertiary/aromatic N) is 1. The molecule has 0 aromatic rings. The van der Waals surface area contributed by atoms with Crippen molar-refractivity contribution in [3.05, 3.63) is 0 Å². The Labute approximate surface area is 74.4 Å². The Morgan fingerprint density at radius 3 is 2.08 bits per heavy atom. The summed E-state index contributed by atoms with van der Waals surface area (Å²) in [7, 11) is 1.00. The maximum atomic E-state index is 10.8. The van der Waals surface area contributed by atoms with Gasteiger partial charge in [-0.15, -0.1) is 0 Å². The molecule has 1 aliphatic heterocycles. The van der Waals surface area contributed by atoms with Crippen LogP contribution in [-0.4, -0.2) is 36.1 Å². The van der Waals surface area contributed by atoms with Gasteiger partial charge >= 0.3 is 0 Å². The topological polar surface area (TPSA) is 40.5 Å². The first-order valence-electron chi connectivity index (χ1n) is 4.40. The number of rotatable bonds is 0. The van der Waals surface area contributed by atoms with Crippen molar-refractivity contribution in [3.63, 3.8) is 0 Å². The molecular formula is C9H19NO2. The van der Waals surface area contributed by atoms with Crippen LogP contribution in [-0.2, 0) is 4.79 Å². The van der Waals surface area contributed by atoms with E-state index in [1.54, 1.807) is 6.92 Å². The highest BCUT2D eigenvalue weighted by Gasteiger charge is 2.16. The van der Waals surface area contributed by atoms with Crippen LogP contribution in [0.15, 0.2) is 0 Å². The van der Waals surface area contributed by atoms with Gasteiger partial charge in [-0.3, -0.25) is 4.79 Å². The standard InChI is InChI=1S/C8H15NO.CH4O/c1-7-3-5-9(6-4-7)8(2)10;1-2/h7H,3-6H2,1-2H3;2H,1H3. The number of carbonyl (C=O) groups excluding carboxylic acids is 1. The molecule has 1 fully saturated rings. The lowest BCUT2D eigenvalue weighted by atomic mass is 9.99. The van der Waals surface area contributed by atoms with Gasteiger partial charge in [-0.2, -0.15) is 0 Å².